The molecule has 108 valence electrons. The summed E-state index contributed by atoms with van der Waals surface area (Å²) in [5.74, 6) is 1.76. The van der Waals surface area contributed by atoms with Gasteiger partial charge in [-0.25, -0.2) is 0 Å². The molecule has 0 spiro atoms. The fraction of sp³-hybridized carbons (Fsp3) is 0.588. The molecule has 1 saturated heterocycles. The van der Waals surface area contributed by atoms with Crippen molar-refractivity contribution in [1.29, 1.82) is 0 Å². The van der Waals surface area contributed by atoms with Crippen LogP contribution in [-0.2, 0) is 10.2 Å². The normalized spacial score (nSPS) is 23.1. The molecule has 1 saturated carbocycles. The lowest BCUT2D eigenvalue weighted by Gasteiger charge is -2.25. The van der Waals surface area contributed by atoms with Crippen LogP contribution in [0, 0.1) is 5.92 Å². The molecule has 1 heterocycles. The van der Waals surface area contributed by atoms with Gasteiger partial charge in [0.25, 0.3) is 0 Å². The van der Waals surface area contributed by atoms with E-state index in [-0.39, 0.29) is 10.8 Å². The van der Waals surface area contributed by atoms with E-state index >= 15 is 0 Å². The van der Waals surface area contributed by atoms with Gasteiger partial charge < -0.3 is 4.90 Å². The first kappa shape index (κ1) is 14.0. The summed E-state index contributed by atoms with van der Waals surface area (Å²) in [7, 11) is 0. The number of carbonyl (C=O) groups excluding carboxylic acids is 1. The molecule has 0 bridgehead atoms. The summed E-state index contributed by atoms with van der Waals surface area (Å²) in [5, 5.41) is 0.233. The highest BCUT2D eigenvalue weighted by molar-refractivity contribution is 7.99. The second-order valence-electron chi connectivity index (χ2n) is 6.90. The lowest BCUT2D eigenvalue weighted by atomic mass is 9.86. The Morgan fingerprint density at radius 1 is 1.20 bits per heavy atom. The zero-order chi connectivity index (χ0) is 14.3. The van der Waals surface area contributed by atoms with Gasteiger partial charge in [-0.1, -0.05) is 45.0 Å². The second-order valence-corrected chi connectivity index (χ2v) is 8.09. The average molecular weight is 289 g/mol. The lowest BCUT2D eigenvalue weighted by Crippen LogP contribution is -2.31. The molecular formula is C17H23NOS. The molecule has 3 rings (SSSR count). The largest absolute Gasteiger partial charge is 0.325 e. The van der Waals surface area contributed by atoms with Crippen LogP contribution in [0.1, 0.15) is 50.1 Å². The Balaban J connectivity index is 1.79. The van der Waals surface area contributed by atoms with Gasteiger partial charge in [-0.05, 0) is 29.4 Å². The van der Waals surface area contributed by atoms with Crippen molar-refractivity contribution >= 4 is 17.7 Å². The van der Waals surface area contributed by atoms with E-state index in [2.05, 4.69) is 49.9 Å². The van der Waals surface area contributed by atoms with E-state index in [4.69, 9.17) is 0 Å². The van der Waals surface area contributed by atoms with Crippen LogP contribution < -0.4 is 0 Å². The number of thioether (sulfide) groups is 1. The van der Waals surface area contributed by atoms with Gasteiger partial charge in [-0.3, -0.25) is 4.79 Å². The highest BCUT2D eigenvalue weighted by Gasteiger charge is 2.39. The highest BCUT2D eigenvalue weighted by Crippen LogP contribution is 2.42. The molecule has 0 N–H and O–H groups in total. The third-order valence-electron chi connectivity index (χ3n) is 4.16. The third-order valence-corrected chi connectivity index (χ3v) is 5.42. The summed E-state index contributed by atoms with van der Waals surface area (Å²) in [6.45, 7) is 7.60. The van der Waals surface area contributed by atoms with Crippen molar-refractivity contribution in [3.05, 3.63) is 35.4 Å². The van der Waals surface area contributed by atoms with Crippen molar-refractivity contribution in [3.63, 3.8) is 0 Å². The van der Waals surface area contributed by atoms with Crippen molar-refractivity contribution in [2.45, 2.75) is 44.4 Å². The van der Waals surface area contributed by atoms with Crippen LogP contribution in [0.15, 0.2) is 24.3 Å². The molecular weight excluding hydrogens is 266 g/mol. The van der Waals surface area contributed by atoms with Crippen LogP contribution in [0.25, 0.3) is 0 Å². The van der Waals surface area contributed by atoms with Crippen LogP contribution in [-0.4, -0.2) is 23.1 Å². The van der Waals surface area contributed by atoms with Gasteiger partial charge >= 0.3 is 0 Å². The fourth-order valence-corrected chi connectivity index (χ4v) is 3.95. The minimum atomic E-state index is 0.185. The molecule has 1 atom stereocenters. The van der Waals surface area contributed by atoms with Gasteiger partial charge in [-0.15, -0.1) is 11.8 Å². The predicted octanol–water partition coefficient (Wildman–Crippen LogP) is 3.97. The maximum atomic E-state index is 12.3. The van der Waals surface area contributed by atoms with Crippen molar-refractivity contribution in [2.75, 3.05) is 12.3 Å². The van der Waals surface area contributed by atoms with Crippen LogP contribution >= 0.6 is 11.8 Å². The quantitative estimate of drug-likeness (QED) is 0.821. The summed E-state index contributed by atoms with van der Waals surface area (Å²) in [4.78, 5) is 14.4. The zero-order valence-electron chi connectivity index (χ0n) is 12.6. The summed E-state index contributed by atoms with van der Waals surface area (Å²) < 4.78 is 0. The molecule has 1 aliphatic carbocycles. The number of nitrogens with zero attached hydrogens (tertiary/aromatic N) is 1. The SMILES string of the molecule is CC(C)(C)c1ccc(C2SCCN2C(=O)C2CC2)cc1. The number of hydrogen-bond donors (Lipinski definition) is 0. The topological polar surface area (TPSA) is 20.3 Å². The third kappa shape index (κ3) is 2.73. The van der Waals surface area contributed by atoms with E-state index in [1.807, 2.05) is 11.8 Å². The summed E-state index contributed by atoms with van der Waals surface area (Å²) >= 11 is 1.90. The molecule has 1 unspecified atom stereocenters. The van der Waals surface area contributed by atoms with Gasteiger partial charge in [0, 0.05) is 18.2 Å². The van der Waals surface area contributed by atoms with Crippen molar-refractivity contribution < 1.29 is 4.79 Å². The van der Waals surface area contributed by atoms with Gasteiger partial charge in [0.1, 0.15) is 5.37 Å². The van der Waals surface area contributed by atoms with Gasteiger partial charge in [0.2, 0.25) is 5.91 Å². The number of benzene rings is 1. The molecule has 0 aromatic heterocycles. The number of carbonyl (C=O) groups is 1. The Morgan fingerprint density at radius 2 is 1.85 bits per heavy atom. The minimum Gasteiger partial charge on any atom is -0.325 e. The number of hydrogen-bond acceptors (Lipinski definition) is 2. The Bertz CT molecular complexity index is 499. The Hall–Kier alpha value is -0.960. The summed E-state index contributed by atoms with van der Waals surface area (Å²) in [6.07, 6.45) is 2.19. The minimum absolute atomic E-state index is 0.185. The Labute approximate surface area is 125 Å². The maximum Gasteiger partial charge on any atom is 0.226 e. The predicted molar refractivity (Wildman–Crippen MR) is 84.8 cm³/mol. The number of amides is 1. The van der Waals surface area contributed by atoms with E-state index in [1.54, 1.807) is 0 Å². The second kappa shape index (κ2) is 5.10. The van der Waals surface area contributed by atoms with Crippen LogP contribution in [0.5, 0.6) is 0 Å². The van der Waals surface area contributed by atoms with E-state index in [0.29, 0.717) is 11.8 Å². The standard InChI is InChI=1S/C17H23NOS/c1-17(2,3)14-8-6-13(7-9-14)16-18(10-11-20-16)15(19)12-4-5-12/h6-9,12,16H,4-5,10-11H2,1-3H3. The first-order chi connectivity index (χ1) is 9.47. The molecule has 1 amide bonds. The molecule has 1 aromatic rings. The van der Waals surface area contributed by atoms with E-state index in [9.17, 15) is 4.79 Å². The summed E-state index contributed by atoms with van der Waals surface area (Å²) in [6, 6.07) is 8.84. The van der Waals surface area contributed by atoms with E-state index < -0.39 is 0 Å². The smallest absolute Gasteiger partial charge is 0.226 e. The number of rotatable bonds is 2. The maximum absolute atomic E-state index is 12.3. The lowest BCUT2D eigenvalue weighted by molar-refractivity contribution is -0.132. The van der Waals surface area contributed by atoms with E-state index in [1.165, 1.54) is 11.1 Å². The molecule has 20 heavy (non-hydrogen) atoms. The molecule has 2 fully saturated rings. The molecule has 2 aliphatic rings. The van der Waals surface area contributed by atoms with Crippen LogP contribution in [0.2, 0.25) is 0 Å². The average Bonchev–Trinajstić information content (AvgIpc) is 3.14. The zero-order valence-corrected chi connectivity index (χ0v) is 13.4. The Kier molecular flexibility index (Phi) is 3.57. The summed E-state index contributed by atoms with van der Waals surface area (Å²) in [5.41, 5.74) is 2.81. The molecule has 1 aliphatic heterocycles. The van der Waals surface area contributed by atoms with Crippen molar-refractivity contribution in [3.8, 4) is 0 Å². The molecule has 2 nitrogen and oxygen atoms in total. The first-order valence-corrected chi connectivity index (χ1v) is 8.54. The van der Waals surface area contributed by atoms with Gasteiger partial charge in [0.05, 0.1) is 0 Å². The molecule has 0 radical (unpaired) electrons. The van der Waals surface area contributed by atoms with Gasteiger partial charge in [0.15, 0.2) is 0 Å². The molecule has 3 heteroatoms. The van der Waals surface area contributed by atoms with Crippen molar-refractivity contribution in [2.24, 2.45) is 5.92 Å². The van der Waals surface area contributed by atoms with Crippen molar-refractivity contribution in [1.82, 2.24) is 4.90 Å². The first-order valence-electron chi connectivity index (χ1n) is 7.49. The monoisotopic (exact) mass is 289 g/mol. The Morgan fingerprint density at radius 3 is 2.40 bits per heavy atom. The van der Waals surface area contributed by atoms with E-state index in [0.717, 1.165) is 25.1 Å². The fourth-order valence-electron chi connectivity index (χ4n) is 2.68. The van der Waals surface area contributed by atoms with Gasteiger partial charge in [-0.2, -0.15) is 0 Å². The van der Waals surface area contributed by atoms with Crippen LogP contribution in [0.3, 0.4) is 0 Å². The molecule has 1 aromatic carbocycles. The van der Waals surface area contributed by atoms with Crippen LogP contribution in [0.4, 0.5) is 0 Å². The highest BCUT2D eigenvalue weighted by atomic mass is 32.2.